The van der Waals surface area contributed by atoms with Gasteiger partial charge in [-0.25, -0.2) is 14.2 Å². The summed E-state index contributed by atoms with van der Waals surface area (Å²) in [7, 11) is 2.86. The molecule has 1 aliphatic rings. The summed E-state index contributed by atoms with van der Waals surface area (Å²) in [5.74, 6) is 0.000344. The molecule has 3 aromatic heterocycles. The molecule has 1 aromatic carbocycles. The Labute approximate surface area is 198 Å². The average molecular weight is 480 g/mol. The highest BCUT2D eigenvalue weighted by Crippen LogP contribution is 2.30. The number of anilines is 1. The zero-order valence-electron chi connectivity index (χ0n) is 19.1. The summed E-state index contributed by atoms with van der Waals surface area (Å²) >= 11 is 0. The maximum Gasteiger partial charge on any atom is 0.409 e. The molecular weight excluding hydrogens is 459 g/mol. The Bertz CT molecular complexity index is 1440. The lowest BCUT2D eigenvalue weighted by molar-refractivity contribution is 0.0804. The van der Waals surface area contributed by atoms with Gasteiger partial charge in [0.1, 0.15) is 22.9 Å². The summed E-state index contributed by atoms with van der Waals surface area (Å²) in [4.78, 5) is 34.6. The number of hydrogen-bond donors (Lipinski definition) is 1. The number of halogens is 1. The second-order valence-corrected chi connectivity index (χ2v) is 8.05. The zero-order valence-corrected chi connectivity index (χ0v) is 19.1. The van der Waals surface area contributed by atoms with Crippen molar-refractivity contribution >= 4 is 23.3 Å². The molecule has 1 saturated heterocycles. The molecule has 35 heavy (non-hydrogen) atoms. The van der Waals surface area contributed by atoms with Crippen molar-refractivity contribution in [2.45, 2.75) is 12.8 Å². The Kier molecular flexibility index (Phi) is 5.55. The van der Waals surface area contributed by atoms with Gasteiger partial charge in [-0.1, -0.05) is 5.16 Å². The number of nitrogens with zero attached hydrogens (tertiary/aromatic N) is 5. The first-order valence-corrected chi connectivity index (χ1v) is 10.7. The van der Waals surface area contributed by atoms with Crippen LogP contribution in [-0.2, 0) is 4.74 Å². The van der Waals surface area contributed by atoms with Gasteiger partial charge in [-0.05, 0) is 25.1 Å². The molecule has 0 aliphatic carbocycles. The second kappa shape index (κ2) is 8.70. The summed E-state index contributed by atoms with van der Waals surface area (Å²) in [6.45, 7) is 2.34. The molecular formula is C23H21FN6O5. The summed E-state index contributed by atoms with van der Waals surface area (Å²) in [6, 6.07) is 6.26. The molecule has 0 radical (unpaired) electrons. The minimum absolute atomic E-state index is 0.126. The van der Waals surface area contributed by atoms with Crippen LogP contribution in [0.5, 0.6) is 5.75 Å². The maximum atomic E-state index is 14.7. The van der Waals surface area contributed by atoms with E-state index < -0.39 is 17.8 Å². The van der Waals surface area contributed by atoms with E-state index in [2.05, 4.69) is 25.2 Å². The SMILES string of the molecule is COC(=O)N1CC(c2nc(-c3cc(F)c(C)c(NC(=O)c4cnc5cc(OC)ccn45)c3)no2)C1. The van der Waals surface area contributed by atoms with Crippen molar-refractivity contribution < 1.29 is 28.0 Å². The Morgan fingerprint density at radius 3 is 2.77 bits per heavy atom. The molecule has 12 heteroatoms. The minimum atomic E-state index is -0.535. The van der Waals surface area contributed by atoms with Gasteiger partial charge in [0.05, 0.1) is 26.3 Å². The third-order valence-corrected chi connectivity index (χ3v) is 5.91. The number of methoxy groups -OCH3 is 2. The predicted octanol–water partition coefficient (Wildman–Crippen LogP) is 3.26. The topological polar surface area (TPSA) is 124 Å². The van der Waals surface area contributed by atoms with Gasteiger partial charge in [-0.2, -0.15) is 4.98 Å². The molecule has 180 valence electrons. The lowest BCUT2D eigenvalue weighted by atomic mass is 10.0. The summed E-state index contributed by atoms with van der Waals surface area (Å²) in [5, 5.41) is 6.70. The summed E-state index contributed by atoms with van der Waals surface area (Å²) < 4.78 is 31.5. The molecule has 0 saturated carbocycles. The molecule has 1 fully saturated rings. The number of likely N-dealkylation sites (tertiary alicyclic amines) is 1. The second-order valence-electron chi connectivity index (χ2n) is 8.05. The number of hydrogen-bond acceptors (Lipinski definition) is 8. The van der Waals surface area contributed by atoms with Crippen LogP contribution in [0.15, 0.2) is 41.2 Å². The largest absolute Gasteiger partial charge is 0.497 e. The molecule has 0 unspecified atom stereocenters. The van der Waals surface area contributed by atoms with E-state index in [4.69, 9.17) is 9.26 Å². The number of rotatable bonds is 5. The number of nitrogens with one attached hydrogen (secondary N) is 1. The summed E-state index contributed by atoms with van der Waals surface area (Å²) in [6.07, 6.45) is 2.68. The lowest BCUT2D eigenvalue weighted by Crippen LogP contribution is -2.48. The number of amides is 2. The number of pyridine rings is 1. The molecule has 11 nitrogen and oxygen atoms in total. The first kappa shape index (κ1) is 22.3. The minimum Gasteiger partial charge on any atom is -0.497 e. The molecule has 2 amide bonds. The van der Waals surface area contributed by atoms with Gasteiger partial charge in [0, 0.05) is 42.2 Å². The van der Waals surface area contributed by atoms with E-state index in [1.54, 1.807) is 42.8 Å². The summed E-state index contributed by atoms with van der Waals surface area (Å²) in [5.41, 5.74) is 1.67. The standard InChI is InChI=1S/C23H21FN6O5/c1-12-16(24)6-13(20-27-22(35-28-20)14-10-29(11-14)23(32)34-3)7-17(12)26-21(31)18-9-25-19-8-15(33-2)4-5-30(18)19/h4-9,14H,10-11H2,1-3H3,(H,26,31). The van der Waals surface area contributed by atoms with Crippen LogP contribution in [0, 0.1) is 12.7 Å². The number of carbonyl (C=O) groups is 2. The molecule has 1 aliphatic heterocycles. The van der Waals surface area contributed by atoms with Crippen LogP contribution in [0.2, 0.25) is 0 Å². The van der Waals surface area contributed by atoms with Gasteiger partial charge in [-0.15, -0.1) is 0 Å². The van der Waals surface area contributed by atoms with E-state index in [0.29, 0.717) is 35.9 Å². The van der Waals surface area contributed by atoms with Crippen molar-refractivity contribution in [2.75, 3.05) is 32.6 Å². The van der Waals surface area contributed by atoms with E-state index in [0.717, 1.165) is 0 Å². The zero-order chi connectivity index (χ0) is 24.7. The Morgan fingerprint density at radius 1 is 1.23 bits per heavy atom. The van der Waals surface area contributed by atoms with Crippen LogP contribution < -0.4 is 10.1 Å². The van der Waals surface area contributed by atoms with Gasteiger partial charge in [-0.3, -0.25) is 9.20 Å². The molecule has 0 bridgehead atoms. The van der Waals surface area contributed by atoms with Crippen molar-refractivity contribution in [1.29, 1.82) is 0 Å². The van der Waals surface area contributed by atoms with Crippen molar-refractivity contribution in [2.24, 2.45) is 0 Å². The maximum absolute atomic E-state index is 14.7. The van der Waals surface area contributed by atoms with Crippen LogP contribution in [0.1, 0.15) is 27.9 Å². The number of ether oxygens (including phenoxy) is 2. The van der Waals surface area contributed by atoms with E-state index in [1.807, 2.05) is 0 Å². The number of benzene rings is 1. The highest BCUT2D eigenvalue weighted by molar-refractivity contribution is 6.04. The van der Waals surface area contributed by atoms with E-state index in [-0.39, 0.29) is 28.7 Å². The number of aromatic nitrogens is 4. The Morgan fingerprint density at radius 2 is 2.03 bits per heavy atom. The monoisotopic (exact) mass is 480 g/mol. The van der Waals surface area contributed by atoms with Crippen molar-refractivity contribution in [3.05, 3.63) is 59.6 Å². The molecule has 0 atom stereocenters. The fourth-order valence-corrected chi connectivity index (χ4v) is 3.81. The Balaban J connectivity index is 1.37. The van der Waals surface area contributed by atoms with Gasteiger partial charge < -0.3 is 24.2 Å². The van der Waals surface area contributed by atoms with Crippen LogP contribution in [0.4, 0.5) is 14.9 Å². The highest BCUT2D eigenvalue weighted by Gasteiger charge is 2.36. The van der Waals surface area contributed by atoms with Crippen LogP contribution in [0.3, 0.4) is 0 Å². The lowest BCUT2D eigenvalue weighted by Gasteiger charge is -2.35. The normalized spacial score (nSPS) is 13.5. The average Bonchev–Trinajstić information content (AvgIpc) is 3.47. The van der Waals surface area contributed by atoms with Crippen LogP contribution in [0.25, 0.3) is 17.0 Å². The van der Waals surface area contributed by atoms with Gasteiger partial charge >= 0.3 is 6.09 Å². The fraction of sp³-hybridized carbons (Fsp3) is 0.261. The molecule has 0 spiro atoms. The third-order valence-electron chi connectivity index (χ3n) is 5.91. The van der Waals surface area contributed by atoms with Crippen LogP contribution in [-0.4, -0.2) is 63.7 Å². The first-order valence-electron chi connectivity index (χ1n) is 10.7. The van der Waals surface area contributed by atoms with E-state index in [1.165, 1.54) is 24.3 Å². The van der Waals surface area contributed by atoms with Gasteiger partial charge in [0.25, 0.3) is 5.91 Å². The predicted molar refractivity (Wildman–Crippen MR) is 121 cm³/mol. The highest BCUT2D eigenvalue weighted by atomic mass is 19.1. The van der Waals surface area contributed by atoms with Gasteiger partial charge in [0.2, 0.25) is 11.7 Å². The molecule has 5 rings (SSSR count). The Hall–Kier alpha value is -4.48. The van der Waals surface area contributed by atoms with Crippen molar-refractivity contribution in [3.8, 4) is 17.1 Å². The number of imidazole rings is 1. The smallest absolute Gasteiger partial charge is 0.409 e. The first-order chi connectivity index (χ1) is 16.9. The third kappa shape index (κ3) is 4.03. The quantitative estimate of drug-likeness (QED) is 0.462. The van der Waals surface area contributed by atoms with Crippen molar-refractivity contribution in [1.82, 2.24) is 24.4 Å². The van der Waals surface area contributed by atoms with E-state index in [9.17, 15) is 14.0 Å². The van der Waals surface area contributed by atoms with Crippen LogP contribution >= 0.6 is 0 Å². The number of fused-ring (bicyclic) bond motifs is 1. The van der Waals surface area contributed by atoms with Gasteiger partial charge in [0.15, 0.2) is 0 Å². The fourth-order valence-electron chi connectivity index (χ4n) is 3.81. The molecule has 4 heterocycles. The van der Waals surface area contributed by atoms with E-state index >= 15 is 0 Å². The molecule has 1 N–H and O–H groups in total. The van der Waals surface area contributed by atoms with Crippen molar-refractivity contribution in [3.63, 3.8) is 0 Å². The number of carbonyl (C=O) groups excluding carboxylic acids is 2. The molecule has 4 aromatic rings.